The molecule has 0 aromatic heterocycles. The summed E-state index contributed by atoms with van der Waals surface area (Å²) in [6, 6.07) is 0. The fourth-order valence-corrected chi connectivity index (χ4v) is 1.94. The van der Waals surface area contributed by atoms with Crippen LogP contribution in [-0.4, -0.2) is 41.1 Å². The molecule has 0 aliphatic carbocycles. The van der Waals surface area contributed by atoms with Gasteiger partial charge in [0.15, 0.2) is 0 Å². The van der Waals surface area contributed by atoms with Gasteiger partial charge in [0.05, 0.1) is 6.17 Å². The largest absolute Gasteiger partial charge is 0.480 e. The van der Waals surface area contributed by atoms with Crippen molar-refractivity contribution in [2.24, 2.45) is 0 Å². The fourth-order valence-electron chi connectivity index (χ4n) is 1.94. The minimum Gasteiger partial charge on any atom is -0.480 e. The molecule has 0 aliphatic heterocycles. The molecule has 0 spiro atoms. The van der Waals surface area contributed by atoms with Crippen molar-refractivity contribution < 1.29 is 19.1 Å². The zero-order valence-electron chi connectivity index (χ0n) is 12.0. The average Bonchev–Trinajstić information content (AvgIpc) is 2.31. The molecule has 0 aromatic rings. The van der Waals surface area contributed by atoms with Gasteiger partial charge in [0.2, 0.25) is 5.91 Å². The van der Waals surface area contributed by atoms with Crippen LogP contribution in [0.5, 0.6) is 0 Å². The van der Waals surface area contributed by atoms with E-state index >= 15 is 0 Å². The zero-order chi connectivity index (χ0) is 14.7. The topological polar surface area (TPSA) is 57.6 Å². The molecule has 5 heteroatoms. The van der Waals surface area contributed by atoms with E-state index in [1.165, 1.54) is 4.90 Å². The van der Waals surface area contributed by atoms with Crippen molar-refractivity contribution >= 4 is 11.9 Å². The van der Waals surface area contributed by atoms with Crippen molar-refractivity contribution in [2.75, 3.05) is 13.1 Å². The monoisotopic (exact) mass is 275 g/mol. The molecule has 0 aromatic carbocycles. The molecule has 0 heterocycles. The molecular formula is C14H26FNO3. The van der Waals surface area contributed by atoms with E-state index in [4.69, 9.17) is 5.11 Å². The predicted molar refractivity (Wildman–Crippen MR) is 72.8 cm³/mol. The van der Waals surface area contributed by atoms with Crippen LogP contribution >= 0.6 is 0 Å². The highest BCUT2D eigenvalue weighted by molar-refractivity contribution is 5.81. The van der Waals surface area contributed by atoms with E-state index < -0.39 is 12.1 Å². The maximum atomic E-state index is 12.5. The molecule has 1 N–H and O–H groups in total. The van der Waals surface area contributed by atoms with Gasteiger partial charge in [-0.05, 0) is 26.2 Å². The molecule has 0 fully saturated rings. The van der Waals surface area contributed by atoms with Crippen molar-refractivity contribution in [3.05, 3.63) is 0 Å². The molecule has 1 atom stereocenters. The summed E-state index contributed by atoms with van der Waals surface area (Å²) in [5.74, 6) is -1.07. The number of alkyl halides is 1. The minimum absolute atomic E-state index is 0.0943. The Labute approximate surface area is 115 Å². The van der Waals surface area contributed by atoms with Crippen LogP contribution in [0, 0.1) is 0 Å². The summed E-state index contributed by atoms with van der Waals surface area (Å²) in [6.45, 7) is 3.74. The maximum absolute atomic E-state index is 12.5. The molecular weight excluding hydrogens is 249 g/mol. The molecule has 19 heavy (non-hydrogen) atoms. The van der Waals surface area contributed by atoms with Crippen LogP contribution in [0.25, 0.3) is 0 Å². The molecule has 112 valence electrons. The lowest BCUT2D eigenvalue weighted by atomic mass is 10.1. The van der Waals surface area contributed by atoms with Crippen molar-refractivity contribution in [3.8, 4) is 0 Å². The van der Waals surface area contributed by atoms with Gasteiger partial charge in [0.25, 0.3) is 0 Å². The lowest BCUT2D eigenvalue weighted by molar-refractivity contribution is -0.144. The van der Waals surface area contributed by atoms with Crippen LogP contribution < -0.4 is 0 Å². The van der Waals surface area contributed by atoms with Crippen LogP contribution in [0.2, 0.25) is 0 Å². The van der Waals surface area contributed by atoms with Gasteiger partial charge in [-0.3, -0.25) is 9.59 Å². The number of amides is 1. The summed E-state index contributed by atoms with van der Waals surface area (Å²) >= 11 is 0. The zero-order valence-corrected chi connectivity index (χ0v) is 12.0. The Morgan fingerprint density at radius 3 is 2.37 bits per heavy atom. The van der Waals surface area contributed by atoms with Crippen LogP contribution in [0.1, 0.15) is 58.8 Å². The molecule has 0 saturated heterocycles. The third-order valence-corrected chi connectivity index (χ3v) is 2.91. The van der Waals surface area contributed by atoms with E-state index in [1.807, 2.05) is 6.92 Å². The third kappa shape index (κ3) is 10.5. The van der Waals surface area contributed by atoms with E-state index in [9.17, 15) is 14.0 Å². The molecule has 0 radical (unpaired) electrons. The number of halogens is 1. The van der Waals surface area contributed by atoms with Gasteiger partial charge in [-0.25, -0.2) is 4.39 Å². The number of hydrogen-bond acceptors (Lipinski definition) is 2. The molecule has 0 rings (SSSR count). The van der Waals surface area contributed by atoms with Gasteiger partial charge in [0, 0.05) is 13.0 Å². The van der Waals surface area contributed by atoms with E-state index in [2.05, 4.69) is 0 Å². The average molecular weight is 275 g/mol. The van der Waals surface area contributed by atoms with Crippen molar-refractivity contribution in [1.29, 1.82) is 0 Å². The number of rotatable bonds is 11. The Hall–Kier alpha value is -1.13. The van der Waals surface area contributed by atoms with Crippen LogP contribution in [-0.2, 0) is 9.59 Å². The van der Waals surface area contributed by atoms with Gasteiger partial charge >= 0.3 is 5.97 Å². The second kappa shape index (κ2) is 10.8. The van der Waals surface area contributed by atoms with Gasteiger partial charge in [-0.15, -0.1) is 0 Å². The number of carbonyl (C=O) groups excluding carboxylic acids is 1. The Balaban J connectivity index is 3.77. The molecule has 4 nitrogen and oxygen atoms in total. The number of carboxylic acid groups (broad SMARTS) is 1. The Morgan fingerprint density at radius 2 is 1.84 bits per heavy atom. The fraction of sp³-hybridized carbons (Fsp3) is 0.857. The van der Waals surface area contributed by atoms with E-state index in [-0.39, 0.29) is 12.5 Å². The summed E-state index contributed by atoms with van der Waals surface area (Å²) < 4.78 is 12.5. The summed E-state index contributed by atoms with van der Waals surface area (Å²) in [7, 11) is 0. The first-order chi connectivity index (χ1) is 8.97. The smallest absolute Gasteiger partial charge is 0.323 e. The Kier molecular flexibility index (Phi) is 10.1. The number of unbranched alkanes of at least 4 members (excludes halogenated alkanes) is 3. The molecule has 1 unspecified atom stereocenters. The minimum atomic E-state index is -0.973. The summed E-state index contributed by atoms with van der Waals surface area (Å²) in [6.07, 6.45) is 4.39. The number of carbonyl (C=O) groups is 2. The van der Waals surface area contributed by atoms with E-state index in [0.29, 0.717) is 19.4 Å². The SMILES string of the molecule is CCCN(CC(=O)O)C(=O)CCCCCCC(C)F. The first-order valence-electron chi connectivity index (χ1n) is 7.11. The van der Waals surface area contributed by atoms with E-state index in [1.54, 1.807) is 6.92 Å². The summed E-state index contributed by atoms with van der Waals surface area (Å²) in [4.78, 5) is 23.8. The predicted octanol–water partition coefficient (Wildman–Crippen LogP) is 3.01. The van der Waals surface area contributed by atoms with Crippen molar-refractivity contribution in [2.45, 2.75) is 65.0 Å². The molecule has 0 saturated carbocycles. The number of aliphatic carboxylic acids is 1. The second-order valence-corrected chi connectivity index (χ2v) is 4.94. The molecule has 1 amide bonds. The van der Waals surface area contributed by atoms with Gasteiger partial charge in [0.1, 0.15) is 6.54 Å². The Bertz CT molecular complexity index is 269. The second-order valence-electron chi connectivity index (χ2n) is 4.94. The van der Waals surface area contributed by atoms with Gasteiger partial charge < -0.3 is 10.0 Å². The first-order valence-corrected chi connectivity index (χ1v) is 7.11. The first kappa shape index (κ1) is 17.9. The van der Waals surface area contributed by atoms with Gasteiger partial charge in [-0.2, -0.15) is 0 Å². The third-order valence-electron chi connectivity index (χ3n) is 2.91. The van der Waals surface area contributed by atoms with Crippen molar-refractivity contribution in [1.82, 2.24) is 4.90 Å². The lowest BCUT2D eigenvalue weighted by Gasteiger charge is -2.19. The highest BCUT2D eigenvalue weighted by atomic mass is 19.1. The van der Waals surface area contributed by atoms with Crippen molar-refractivity contribution in [3.63, 3.8) is 0 Å². The van der Waals surface area contributed by atoms with Crippen LogP contribution in [0.4, 0.5) is 4.39 Å². The lowest BCUT2D eigenvalue weighted by Crippen LogP contribution is -2.36. The Morgan fingerprint density at radius 1 is 1.21 bits per heavy atom. The highest BCUT2D eigenvalue weighted by Gasteiger charge is 2.15. The number of carboxylic acids is 1. The molecule has 0 aliphatic rings. The van der Waals surface area contributed by atoms with Gasteiger partial charge in [-0.1, -0.05) is 26.2 Å². The normalized spacial score (nSPS) is 12.2. The van der Waals surface area contributed by atoms with E-state index in [0.717, 1.165) is 32.1 Å². The van der Waals surface area contributed by atoms with Crippen LogP contribution in [0.3, 0.4) is 0 Å². The quantitative estimate of drug-likeness (QED) is 0.590. The maximum Gasteiger partial charge on any atom is 0.323 e. The molecule has 0 bridgehead atoms. The standard InChI is InChI=1S/C14H26FNO3/c1-3-10-16(11-14(18)19)13(17)9-7-5-4-6-8-12(2)15/h12H,3-11H2,1-2H3,(H,18,19). The number of nitrogens with zero attached hydrogens (tertiary/aromatic N) is 1. The van der Waals surface area contributed by atoms with Crippen LogP contribution in [0.15, 0.2) is 0 Å². The highest BCUT2D eigenvalue weighted by Crippen LogP contribution is 2.10. The summed E-state index contributed by atoms with van der Waals surface area (Å²) in [5.41, 5.74) is 0. The summed E-state index contributed by atoms with van der Waals surface area (Å²) in [5, 5.41) is 8.72. The number of hydrogen-bond donors (Lipinski definition) is 1.